The first-order valence-electron chi connectivity index (χ1n) is 11.4. The number of nitrogens with one attached hydrogen (secondary N) is 1. The molecule has 1 aliphatic heterocycles. The van der Waals surface area contributed by atoms with E-state index < -0.39 is 0 Å². The topological polar surface area (TPSA) is 88.9 Å². The molecule has 1 aromatic carbocycles. The maximum Gasteiger partial charge on any atom is 0.254 e. The highest BCUT2D eigenvalue weighted by molar-refractivity contribution is 5.83. The molecular weight excluding hydrogens is 430 g/mol. The van der Waals surface area contributed by atoms with Crippen molar-refractivity contribution in [1.29, 1.82) is 0 Å². The number of carbonyl (C=O) groups excluding carboxylic acids is 1. The van der Waals surface area contributed by atoms with Crippen LogP contribution in [0.5, 0.6) is 11.6 Å². The highest BCUT2D eigenvalue weighted by Crippen LogP contribution is 2.30. The van der Waals surface area contributed by atoms with E-state index in [2.05, 4.69) is 31.5 Å². The van der Waals surface area contributed by atoms with Crippen molar-refractivity contribution in [2.24, 2.45) is 5.10 Å². The Hall–Kier alpha value is -3.78. The second-order valence-electron chi connectivity index (χ2n) is 8.09. The van der Waals surface area contributed by atoms with E-state index in [0.717, 1.165) is 42.5 Å². The van der Waals surface area contributed by atoms with Crippen molar-refractivity contribution in [3.63, 3.8) is 0 Å². The average molecular weight is 460 g/mol. The molecule has 1 atom stereocenters. The molecule has 1 fully saturated rings. The SMILES string of the molecule is COc1ccc(/C=N\NC(=O)CN2CCCC[C@@H]2c2cccnc2)cc1COc1ccccn1. The van der Waals surface area contributed by atoms with Crippen LogP contribution < -0.4 is 14.9 Å². The largest absolute Gasteiger partial charge is 0.496 e. The Morgan fingerprint density at radius 1 is 1.21 bits per heavy atom. The zero-order chi connectivity index (χ0) is 23.6. The predicted octanol–water partition coefficient (Wildman–Crippen LogP) is 3.74. The summed E-state index contributed by atoms with van der Waals surface area (Å²) in [5.74, 6) is 1.11. The van der Waals surface area contributed by atoms with Gasteiger partial charge in [-0.25, -0.2) is 10.4 Å². The molecule has 34 heavy (non-hydrogen) atoms. The number of pyridine rings is 2. The summed E-state index contributed by atoms with van der Waals surface area (Å²) in [6.07, 6.45) is 10.2. The molecule has 0 saturated carbocycles. The quantitative estimate of drug-likeness (QED) is 0.387. The molecule has 3 heterocycles. The number of benzene rings is 1. The predicted molar refractivity (Wildman–Crippen MR) is 130 cm³/mol. The smallest absolute Gasteiger partial charge is 0.254 e. The van der Waals surface area contributed by atoms with Gasteiger partial charge in [0.2, 0.25) is 5.88 Å². The minimum Gasteiger partial charge on any atom is -0.496 e. The van der Waals surface area contributed by atoms with E-state index in [1.165, 1.54) is 0 Å². The lowest BCUT2D eigenvalue weighted by Gasteiger charge is -2.35. The first kappa shape index (κ1) is 23.4. The van der Waals surface area contributed by atoms with E-state index in [4.69, 9.17) is 9.47 Å². The van der Waals surface area contributed by atoms with Crippen molar-refractivity contribution in [2.75, 3.05) is 20.2 Å². The fourth-order valence-corrected chi connectivity index (χ4v) is 4.11. The third kappa shape index (κ3) is 6.39. The number of nitrogens with zero attached hydrogens (tertiary/aromatic N) is 4. The fourth-order valence-electron chi connectivity index (χ4n) is 4.11. The van der Waals surface area contributed by atoms with Gasteiger partial charge in [-0.1, -0.05) is 18.6 Å². The van der Waals surface area contributed by atoms with Gasteiger partial charge in [0.15, 0.2) is 0 Å². The number of amides is 1. The van der Waals surface area contributed by atoms with Crippen LogP contribution in [0, 0.1) is 0 Å². The van der Waals surface area contributed by atoms with Gasteiger partial charge in [0.1, 0.15) is 12.4 Å². The van der Waals surface area contributed by atoms with Gasteiger partial charge >= 0.3 is 0 Å². The maximum absolute atomic E-state index is 12.6. The summed E-state index contributed by atoms with van der Waals surface area (Å²) in [5.41, 5.74) is 5.49. The molecule has 8 nitrogen and oxygen atoms in total. The molecule has 176 valence electrons. The van der Waals surface area contributed by atoms with Crippen molar-refractivity contribution in [2.45, 2.75) is 31.9 Å². The molecule has 1 saturated heterocycles. The minimum atomic E-state index is -0.140. The summed E-state index contributed by atoms with van der Waals surface area (Å²) < 4.78 is 11.2. The molecule has 0 bridgehead atoms. The Bertz CT molecular complexity index is 1090. The van der Waals surface area contributed by atoms with Gasteiger partial charge in [-0.3, -0.25) is 14.7 Å². The van der Waals surface area contributed by atoms with Crippen molar-refractivity contribution in [3.8, 4) is 11.6 Å². The van der Waals surface area contributed by atoms with E-state index in [-0.39, 0.29) is 11.9 Å². The van der Waals surface area contributed by atoms with Crippen LogP contribution in [0.3, 0.4) is 0 Å². The fraction of sp³-hybridized carbons (Fsp3) is 0.308. The number of rotatable bonds is 9. The van der Waals surface area contributed by atoms with Crippen LogP contribution in [0.1, 0.15) is 42.0 Å². The van der Waals surface area contributed by atoms with Crippen LogP contribution in [-0.2, 0) is 11.4 Å². The highest BCUT2D eigenvalue weighted by Gasteiger charge is 2.25. The number of hydrazone groups is 1. The standard InChI is InChI=1S/C26H29N5O3/c1-33-24-11-10-20(15-22(24)19-34-26-9-2-4-13-28-26)16-29-30-25(32)18-31-14-5-3-8-23(31)21-7-6-12-27-17-21/h2,4,6-7,9-13,15-17,23H,3,5,8,14,18-19H2,1H3,(H,30,32)/b29-16-/t23-/m1/s1. The Morgan fingerprint density at radius 3 is 2.94 bits per heavy atom. The number of piperidine rings is 1. The molecule has 0 aliphatic carbocycles. The van der Waals surface area contributed by atoms with Crippen molar-refractivity contribution < 1.29 is 14.3 Å². The van der Waals surface area contributed by atoms with Gasteiger partial charge in [0.05, 0.1) is 19.9 Å². The van der Waals surface area contributed by atoms with Gasteiger partial charge in [0, 0.05) is 36.3 Å². The van der Waals surface area contributed by atoms with Crippen LogP contribution in [0.15, 0.2) is 72.2 Å². The number of ether oxygens (including phenoxy) is 2. The first-order valence-corrected chi connectivity index (χ1v) is 11.4. The Balaban J connectivity index is 1.34. The molecule has 8 heteroatoms. The van der Waals surface area contributed by atoms with Crippen LogP contribution in [0.25, 0.3) is 0 Å². The molecular formula is C26H29N5O3. The van der Waals surface area contributed by atoms with Gasteiger partial charge < -0.3 is 9.47 Å². The lowest BCUT2D eigenvalue weighted by atomic mass is 9.96. The Morgan fingerprint density at radius 2 is 2.15 bits per heavy atom. The lowest BCUT2D eigenvalue weighted by molar-refractivity contribution is -0.123. The first-order chi connectivity index (χ1) is 16.7. The summed E-state index contributed by atoms with van der Waals surface area (Å²) in [6, 6.07) is 15.4. The summed E-state index contributed by atoms with van der Waals surface area (Å²) in [7, 11) is 1.62. The minimum absolute atomic E-state index is 0.140. The van der Waals surface area contributed by atoms with Gasteiger partial charge in [-0.05, 0) is 60.8 Å². The number of carbonyl (C=O) groups is 1. The third-order valence-corrected chi connectivity index (χ3v) is 5.75. The zero-order valence-electron chi connectivity index (χ0n) is 19.3. The Labute approximate surface area is 199 Å². The molecule has 2 aromatic heterocycles. The Kier molecular flexibility index (Phi) is 8.18. The van der Waals surface area contributed by atoms with Gasteiger partial charge in [-0.2, -0.15) is 5.10 Å². The molecule has 3 aromatic rings. The number of likely N-dealkylation sites (tertiary alicyclic amines) is 1. The third-order valence-electron chi connectivity index (χ3n) is 5.75. The van der Waals surface area contributed by atoms with Gasteiger partial charge in [0.25, 0.3) is 5.91 Å². The van der Waals surface area contributed by atoms with Crippen LogP contribution in [0.4, 0.5) is 0 Å². The second-order valence-corrected chi connectivity index (χ2v) is 8.09. The molecule has 1 amide bonds. The monoisotopic (exact) mass is 459 g/mol. The van der Waals surface area contributed by atoms with Crippen molar-refractivity contribution in [3.05, 3.63) is 83.8 Å². The average Bonchev–Trinajstić information content (AvgIpc) is 2.89. The van der Waals surface area contributed by atoms with Crippen LogP contribution in [0.2, 0.25) is 0 Å². The molecule has 1 aliphatic rings. The van der Waals surface area contributed by atoms with Crippen LogP contribution >= 0.6 is 0 Å². The molecule has 0 radical (unpaired) electrons. The van der Waals surface area contributed by atoms with E-state index in [1.54, 1.807) is 31.8 Å². The van der Waals surface area contributed by atoms with E-state index in [1.807, 2.05) is 42.6 Å². The van der Waals surface area contributed by atoms with E-state index in [0.29, 0.717) is 24.8 Å². The normalized spacial score (nSPS) is 16.3. The highest BCUT2D eigenvalue weighted by atomic mass is 16.5. The summed E-state index contributed by atoms with van der Waals surface area (Å²) >= 11 is 0. The number of methoxy groups -OCH3 is 1. The second kappa shape index (κ2) is 11.9. The summed E-state index contributed by atoms with van der Waals surface area (Å²) in [6.45, 7) is 1.48. The maximum atomic E-state index is 12.6. The summed E-state index contributed by atoms with van der Waals surface area (Å²) in [5, 5.41) is 4.16. The number of hydrogen-bond donors (Lipinski definition) is 1. The lowest BCUT2D eigenvalue weighted by Crippen LogP contribution is -2.40. The van der Waals surface area contributed by atoms with Crippen molar-refractivity contribution >= 4 is 12.1 Å². The molecule has 0 unspecified atom stereocenters. The van der Waals surface area contributed by atoms with E-state index in [9.17, 15) is 4.79 Å². The van der Waals surface area contributed by atoms with E-state index >= 15 is 0 Å². The number of hydrogen-bond acceptors (Lipinski definition) is 7. The van der Waals surface area contributed by atoms with Crippen molar-refractivity contribution in [1.82, 2.24) is 20.3 Å². The van der Waals surface area contributed by atoms with Gasteiger partial charge in [-0.15, -0.1) is 0 Å². The molecule has 0 spiro atoms. The molecule has 4 rings (SSSR count). The zero-order valence-corrected chi connectivity index (χ0v) is 19.3. The number of aromatic nitrogens is 2. The summed E-state index contributed by atoms with van der Waals surface area (Å²) in [4.78, 5) is 23.2. The van der Waals surface area contributed by atoms with Crippen LogP contribution in [-0.4, -0.2) is 47.2 Å². The molecule has 1 N–H and O–H groups in total.